The molecule has 0 aromatic heterocycles. The monoisotopic (exact) mass is 304 g/mol. The van der Waals surface area contributed by atoms with Gasteiger partial charge in [0.25, 0.3) is 5.91 Å². The molecule has 0 heterocycles. The summed E-state index contributed by atoms with van der Waals surface area (Å²) in [6.07, 6.45) is 2.62. The number of amides is 2. The van der Waals surface area contributed by atoms with Gasteiger partial charge in [-0.25, -0.2) is 4.79 Å². The zero-order valence-corrected chi connectivity index (χ0v) is 12.7. The Labute approximate surface area is 129 Å². The summed E-state index contributed by atoms with van der Waals surface area (Å²) in [6.45, 7) is 4.95. The van der Waals surface area contributed by atoms with E-state index in [0.717, 1.165) is 0 Å². The van der Waals surface area contributed by atoms with Crippen LogP contribution in [-0.4, -0.2) is 30.9 Å². The average Bonchev–Trinajstić information content (AvgIpc) is 2.50. The van der Waals surface area contributed by atoms with E-state index in [0.29, 0.717) is 18.5 Å². The minimum Gasteiger partial charge on any atom is -0.467 e. The van der Waals surface area contributed by atoms with Crippen molar-refractivity contribution in [3.05, 3.63) is 42.5 Å². The highest BCUT2D eigenvalue weighted by molar-refractivity contribution is 6.04. The first-order valence-corrected chi connectivity index (χ1v) is 6.85. The van der Waals surface area contributed by atoms with E-state index in [4.69, 9.17) is 0 Å². The minimum absolute atomic E-state index is 0.281. The second kappa shape index (κ2) is 8.61. The van der Waals surface area contributed by atoms with Gasteiger partial charge in [0, 0.05) is 6.92 Å². The molecule has 0 spiro atoms. The molecule has 0 saturated heterocycles. The molecule has 1 atom stereocenters. The van der Waals surface area contributed by atoms with Gasteiger partial charge in [-0.2, -0.15) is 0 Å². The highest BCUT2D eigenvalue weighted by atomic mass is 16.5. The molecule has 1 aromatic carbocycles. The Balaban J connectivity index is 2.91. The standard InChI is InChI=1S/C16H20N2O4/c1-4-5-9-14(16(21)22-3)18-15(20)12-8-6-7-10-13(12)17-11(2)19/h4,6-8,10,14H,1,5,9H2,2-3H3,(H,17,19)(H,18,20)/t14-/m0/s1. The molecule has 2 amide bonds. The summed E-state index contributed by atoms with van der Waals surface area (Å²) in [6, 6.07) is 5.81. The summed E-state index contributed by atoms with van der Waals surface area (Å²) < 4.78 is 4.68. The number of carbonyl (C=O) groups excluding carboxylic acids is 3. The number of hydrogen-bond donors (Lipinski definition) is 2. The molecule has 1 rings (SSSR count). The van der Waals surface area contributed by atoms with Gasteiger partial charge in [0.2, 0.25) is 5.91 Å². The van der Waals surface area contributed by atoms with Crippen molar-refractivity contribution in [2.45, 2.75) is 25.8 Å². The fourth-order valence-corrected chi connectivity index (χ4v) is 1.89. The fourth-order valence-electron chi connectivity index (χ4n) is 1.89. The summed E-state index contributed by atoms with van der Waals surface area (Å²) >= 11 is 0. The predicted octanol–water partition coefficient (Wildman–Crippen LogP) is 1.88. The quantitative estimate of drug-likeness (QED) is 0.595. The number of nitrogens with one attached hydrogen (secondary N) is 2. The number of hydrogen-bond acceptors (Lipinski definition) is 4. The van der Waals surface area contributed by atoms with Gasteiger partial charge in [-0.1, -0.05) is 18.2 Å². The second-order valence-corrected chi connectivity index (χ2v) is 4.64. The van der Waals surface area contributed by atoms with Crippen LogP contribution in [0.1, 0.15) is 30.1 Å². The number of allylic oxidation sites excluding steroid dienone is 1. The first-order valence-electron chi connectivity index (χ1n) is 6.85. The number of anilines is 1. The van der Waals surface area contributed by atoms with Crippen LogP contribution < -0.4 is 10.6 Å². The molecule has 6 nitrogen and oxygen atoms in total. The van der Waals surface area contributed by atoms with Crippen LogP contribution in [0.25, 0.3) is 0 Å². The van der Waals surface area contributed by atoms with Gasteiger partial charge in [-0.15, -0.1) is 6.58 Å². The first-order chi connectivity index (χ1) is 10.5. The van der Waals surface area contributed by atoms with Crippen LogP contribution in [0.15, 0.2) is 36.9 Å². The third-order valence-corrected chi connectivity index (χ3v) is 2.93. The molecule has 6 heteroatoms. The maximum absolute atomic E-state index is 12.3. The maximum atomic E-state index is 12.3. The Morgan fingerprint density at radius 2 is 2.00 bits per heavy atom. The van der Waals surface area contributed by atoms with E-state index in [1.807, 2.05) is 0 Å². The number of carbonyl (C=O) groups is 3. The summed E-state index contributed by atoms with van der Waals surface area (Å²) in [5.41, 5.74) is 0.671. The number of methoxy groups -OCH3 is 1. The lowest BCUT2D eigenvalue weighted by Gasteiger charge is -2.17. The summed E-state index contributed by atoms with van der Waals surface area (Å²) in [7, 11) is 1.26. The van der Waals surface area contributed by atoms with Crippen molar-refractivity contribution in [2.75, 3.05) is 12.4 Å². The van der Waals surface area contributed by atoms with E-state index < -0.39 is 17.9 Å². The number of esters is 1. The van der Waals surface area contributed by atoms with Gasteiger partial charge in [-0.3, -0.25) is 9.59 Å². The Bertz CT molecular complexity index is 569. The summed E-state index contributed by atoms with van der Waals surface area (Å²) in [5, 5.41) is 5.20. The smallest absolute Gasteiger partial charge is 0.328 e. The lowest BCUT2D eigenvalue weighted by atomic mass is 10.1. The number of benzene rings is 1. The van der Waals surface area contributed by atoms with E-state index in [2.05, 4.69) is 21.9 Å². The van der Waals surface area contributed by atoms with Crippen LogP contribution in [0.2, 0.25) is 0 Å². The van der Waals surface area contributed by atoms with E-state index in [9.17, 15) is 14.4 Å². The molecular formula is C16H20N2O4. The first kappa shape index (κ1) is 17.4. The maximum Gasteiger partial charge on any atom is 0.328 e. The molecule has 0 aliphatic rings. The second-order valence-electron chi connectivity index (χ2n) is 4.64. The summed E-state index contributed by atoms with van der Waals surface area (Å²) in [5.74, 6) is -1.26. The molecule has 0 aliphatic heterocycles. The van der Waals surface area contributed by atoms with Crippen molar-refractivity contribution in [1.29, 1.82) is 0 Å². The largest absolute Gasteiger partial charge is 0.467 e. The number of para-hydroxylation sites is 1. The lowest BCUT2D eigenvalue weighted by Crippen LogP contribution is -2.41. The average molecular weight is 304 g/mol. The SMILES string of the molecule is C=CCC[C@H](NC(=O)c1ccccc1NC(C)=O)C(=O)OC. The zero-order chi connectivity index (χ0) is 16.5. The Kier molecular flexibility index (Phi) is 6.82. The van der Waals surface area contributed by atoms with E-state index in [1.54, 1.807) is 30.3 Å². The van der Waals surface area contributed by atoms with Crippen LogP contribution in [0, 0.1) is 0 Å². The van der Waals surface area contributed by atoms with Crippen molar-refractivity contribution in [3.8, 4) is 0 Å². The topological polar surface area (TPSA) is 84.5 Å². The lowest BCUT2D eigenvalue weighted by molar-refractivity contribution is -0.143. The third-order valence-electron chi connectivity index (χ3n) is 2.93. The van der Waals surface area contributed by atoms with Gasteiger partial charge < -0.3 is 15.4 Å². The molecule has 0 radical (unpaired) electrons. The molecule has 1 aromatic rings. The van der Waals surface area contributed by atoms with Gasteiger partial charge in [0.05, 0.1) is 18.4 Å². The van der Waals surface area contributed by atoms with Gasteiger partial charge in [0.15, 0.2) is 0 Å². The summed E-state index contributed by atoms with van der Waals surface area (Å²) in [4.78, 5) is 35.2. The van der Waals surface area contributed by atoms with Crippen molar-refractivity contribution in [1.82, 2.24) is 5.32 Å². The molecule has 0 unspecified atom stereocenters. The van der Waals surface area contributed by atoms with E-state index >= 15 is 0 Å². The van der Waals surface area contributed by atoms with E-state index in [1.165, 1.54) is 14.0 Å². The molecule has 0 fully saturated rings. The van der Waals surface area contributed by atoms with Crippen molar-refractivity contribution in [2.24, 2.45) is 0 Å². The zero-order valence-electron chi connectivity index (χ0n) is 12.7. The van der Waals surface area contributed by atoms with E-state index in [-0.39, 0.29) is 11.5 Å². The van der Waals surface area contributed by atoms with Crippen molar-refractivity contribution in [3.63, 3.8) is 0 Å². The highest BCUT2D eigenvalue weighted by Crippen LogP contribution is 2.15. The molecule has 0 aliphatic carbocycles. The molecule has 0 saturated carbocycles. The van der Waals surface area contributed by atoms with Gasteiger partial charge in [-0.05, 0) is 25.0 Å². The minimum atomic E-state index is -0.763. The van der Waals surface area contributed by atoms with Crippen molar-refractivity contribution < 1.29 is 19.1 Å². The van der Waals surface area contributed by atoms with Crippen LogP contribution in [0.5, 0.6) is 0 Å². The predicted molar refractivity (Wildman–Crippen MR) is 83.4 cm³/mol. The third kappa shape index (κ3) is 5.05. The molecule has 22 heavy (non-hydrogen) atoms. The van der Waals surface area contributed by atoms with Gasteiger partial charge in [0.1, 0.15) is 6.04 Å². The Hall–Kier alpha value is -2.63. The van der Waals surface area contributed by atoms with Gasteiger partial charge >= 0.3 is 5.97 Å². The fraction of sp³-hybridized carbons (Fsp3) is 0.312. The molecular weight excluding hydrogens is 284 g/mol. The molecule has 0 bridgehead atoms. The molecule has 2 N–H and O–H groups in total. The Morgan fingerprint density at radius 3 is 2.59 bits per heavy atom. The molecule has 118 valence electrons. The van der Waals surface area contributed by atoms with Crippen molar-refractivity contribution >= 4 is 23.5 Å². The van der Waals surface area contributed by atoms with Crippen LogP contribution in [0.4, 0.5) is 5.69 Å². The highest BCUT2D eigenvalue weighted by Gasteiger charge is 2.22. The van der Waals surface area contributed by atoms with Crippen LogP contribution in [-0.2, 0) is 14.3 Å². The normalized spacial score (nSPS) is 11.2. The van der Waals surface area contributed by atoms with Crippen LogP contribution >= 0.6 is 0 Å². The van der Waals surface area contributed by atoms with Crippen LogP contribution in [0.3, 0.4) is 0 Å². The number of rotatable bonds is 7. The number of ether oxygens (including phenoxy) is 1. The Morgan fingerprint density at radius 1 is 1.32 bits per heavy atom.